The first-order valence-corrected chi connectivity index (χ1v) is 13.5. The standard InChI is InChI=1S/C21H20FN3O6S2/c22-14-5-3-13(4-6-14)12-24-21(27)19-20(26)18-15(2-1-8-23-18)17(25-19)16-7-9-32(28,29)10-11-33(16,30)31/h1-6,8,16,26H,7,9-12H2,(H,24,27). The second-order valence-corrected chi connectivity index (χ2v) is 12.3. The number of sulfone groups is 2. The highest BCUT2D eigenvalue weighted by molar-refractivity contribution is 7.95. The topological polar surface area (TPSA) is 143 Å². The van der Waals surface area contributed by atoms with Crippen molar-refractivity contribution in [3.63, 3.8) is 0 Å². The molecule has 3 heterocycles. The van der Waals surface area contributed by atoms with Crippen LogP contribution in [0.1, 0.15) is 33.4 Å². The average molecular weight is 494 g/mol. The lowest BCUT2D eigenvalue weighted by Crippen LogP contribution is -2.26. The predicted molar refractivity (Wildman–Crippen MR) is 119 cm³/mol. The summed E-state index contributed by atoms with van der Waals surface area (Å²) in [4.78, 5) is 21.1. The van der Waals surface area contributed by atoms with Crippen LogP contribution in [0.4, 0.5) is 4.39 Å². The second kappa shape index (κ2) is 8.67. The molecule has 1 fully saturated rings. The number of nitrogens with zero attached hydrogens (tertiary/aromatic N) is 2. The average Bonchev–Trinajstić information content (AvgIpc) is 2.89. The van der Waals surface area contributed by atoms with Gasteiger partial charge in [0.1, 0.15) is 16.6 Å². The summed E-state index contributed by atoms with van der Waals surface area (Å²) in [5, 5.41) is 12.2. The number of amides is 1. The normalized spacial score (nSPS) is 19.6. The molecular weight excluding hydrogens is 473 g/mol. The summed E-state index contributed by atoms with van der Waals surface area (Å²) in [5.74, 6) is -3.12. The minimum absolute atomic E-state index is 0.00972. The molecule has 9 nitrogen and oxygen atoms in total. The fourth-order valence-corrected chi connectivity index (χ4v) is 7.85. The number of hydrogen-bond acceptors (Lipinski definition) is 8. The van der Waals surface area contributed by atoms with E-state index in [1.54, 1.807) is 0 Å². The van der Waals surface area contributed by atoms with Gasteiger partial charge in [-0.25, -0.2) is 26.2 Å². The number of halogens is 1. The third-order valence-corrected chi connectivity index (χ3v) is 9.50. The van der Waals surface area contributed by atoms with E-state index in [9.17, 15) is 31.1 Å². The molecule has 2 aromatic heterocycles. The van der Waals surface area contributed by atoms with Crippen molar-refractivity contribution in [2.45, 2.75) is 18.2 Å². The minimum Gasteiger partial charge on any atom is -0.504 e. The van der Waals surface area contributed by atoms with Gasteiger partial charge in [0.15, 0.2) is 31.1 Å². The maximum Gasteiger partial charge on any atom is 0.274 e. The molecule has 1 atom stereocenters. The van der Waals surface area contributed by atoms with Crippen LogP contribution in [0.2, 0.25) is 0 Å². The molecule has 3 aromatic rings. The first-order chi connectivity index (χ1) is 15.6. The molecular formula is C21H20FN3O6S2. The number of nitrogens with one attached hydrogen (secondary N) is 1. The van der Waals surface area contributed by atoms with E-state index in [1.165, 1.54) is 42.6 Å². The molecule has 33 heavy (non-hydrogen) atoms. The van der Waals surface area contributed by atoms with Gasteiger partial charge in [-0.05, 0) is 36.2 Å². The Hall–Kier alpha value is -3.12. The van der Waals surface area contributed by atoms with Gasteiger partial charge < -0.3 is 10.4 Å². The lowest BCUT2D eigenvalue weighted by Gasteiger charge is -2.18. The van der Waals surface area contributed by atoms with Gasteiger partial charge in [0.05, 0.1) is 23.0 Å². The number of rotatable bonds is 4. The zero-order valence-corrected chi connectivity index (χ0v) is 18.9. The highest BCUT2D eigenvalue weighted by Crippen LogP contribution is 2.36. The van der Waals surface area contributed by atoms with Crippen molar-refractivity contribution in [3.8, 4) is 5.75 Å². The molecule has 0 saturated carbocycles. The molecule has 0 spiro atoms. The molecule has 1 saturated heterocycles. The molecule has 2 N–H and O–H groups in total. The largest absolute Gasteiger partial charge is 0.504 e. The van der Waals surface area contributed by atoms with E-state index in [1.807, 2.05) is 0 Å². The number of carbonyl (C=O) groups is 1. The number of aromatic nitrogens is 2. The Morgan fingerprint density at radius 3 is 2.55 bits per heavy atom. The third-order valence-electron chi connectivity index (χ3n) is 5.45. The van der Waals surface area contributed by atoms with Crippen molar-refractivity contribution >= 4 is 36.5 Å². The van der Waals surface area contributed by atoms with Crippen LogP contribution in [0.25, 0.3) is 10.9 Å². The molecule has 1 aromatic carbocycles. The molecule has 174 valence electrons. The van der Waals surface area contributed by atoms with E-state index in [0.717, 1.165) is 0 Å². The Morgan fingerprint density at radius 1 is 1.09 bits per heavy atom. The number of aromatic hydroxyl groups is 1. The molecule has 0 bridgehead atoms. The summed E-state index contributed by atoms with van der Waals surface area (Å²) in [6.45, 7) is 0.00972. The predicted octanol–water partition coefficient (Wildman–Crippen LogP) is 1.68. The van der Waals surface area contributed by atoms with Gasteiger partial charge in [-0.3, -0.25) is 9.78 Å². The van der Waals surface area contributed by atoms with Gasteiger partial charge in [-0.15, -0.1) is 0 Å². The van der Waals surface area contributed by atoms with Crippen LogP contribution in [0, 0.1) is 5.82 Å². The van der Waals surface area contributed by atoms with E-state index < -0.39 is 59.6 Å². The number of carbonyl (C=O) groups excluding carboxylic acids is 1. The first kappa shape index (κ1) is 23.1. The molecule has 1 unspecified atom stereocenters. The molecule has 4 rings (SSSR count). The van der Waals surface area contributed by atoms with Crippen molar-refractivity contribution in [1.29, 1.82) is 0 Å². The Bertz CT molecular complexity index is 1440. The van der Waals surface area contributed by atoms with Crippen molar-refractivity contribution in [2.75, 3.05) is 17.3 Å². The van der Waals surface area contributed by atoms with Gasteiger partial charge in [-0.2, -0.15) is 0 Å². The number of hydrogen-bond donors (Lipinski definition) is 2. The van der Waals surface area contributed by atoms with E-state index in [4.69, 9.17) is 0 Å². The summed E-state index contributed by atoms with van der Waals surface area (Å²) in [6.07, 6.45) is 1.15. The zero-order valence-electron chi connectivity index (χ0n) is 17.2. The van der Waals surface area contributed by atoms with E-state index in [-0.39, 0.29) is 35.3 Å². The lowest BCUT2D eigenvalue weighted by atomic mass is 10.1. The highest BCUT2D eigenvalue weighted by atomic mass is 32.2. The highest BCUT2D eigenvalue weighted by Gasteiger charge is 2.37. The second-order valence-electron chi connectivity index (χ2n) is 7.70. The van der Waals surface area contributed by atoms with Crippen molar-refractivity contribution in [3.05, 3.63) is 65.4 Å². The summed E-state index contributed by atoms with van der Waals surface area (Å²) in [5.41, 5.74) is 0.122. The van der Waals surface area contributed by atoms with E-state index in [2.05, 4.69) is 15.3 Å². The summed E-state index contributed by atoms with van der Waals surface area (Å²) in [7, 11) is -7.45. The van der Waals surface area contributed by atoms with E-state index >= 15 is 0 Å². The first-order valence-electron chi connectivity index (χ1n) is 9.99. The smallest absolute Gasteiger partial charge is 0.274 e. The van der Waals surface area contributed by atoms with Crippen LogP contribution in [-0.2, 0) is 26.2 Å². The van der Waals surface area contributed by atoms with Gasteiger partial charge >= 0.3 is 0 Å². The van der Waals surface area contributed by atoms with Gasteiger partial charge in [-0.1, -0.05) is 12.1 Å². The monoisotopic (exact) mass is 493 g/mol. The molecule has 0 radical (unpaired) electrons. The maximum absolute atomic E-state index is 13.1. The summed E-state index contributed by atoms with van der Waals surface area (Å²) in [6, 6.07) is 8.48. The van der Waals surface area contributed by atoms with Gasteiger partial charge in [0.25, 0.3) is 5.91 Å². The number of fused-ring (bicyclic) bond motifs is 1. The SMILES string of the molecule is O=C(NCc1ccc(F)cc1)c1nc(C2CCS(=O)(=O)CCS2(=O)=O)c2cccnc2c1O. The number of benzene rings is 1. The Kier molecular flexibility index (Phi) is 6.06. The Balaban J connectivity index is 1.76. The third kappa shape index (κ3) is 4.81. The maximum atomic E-state index is 13.1. The van der Waals surface area contributed by atoms with Crippen LogP contribution in [0.15, 0.2) is 42.6 Å². The van der Waals surface area contributed by atoms with E-state index in [0.29, 0.717) is 5.56 Å². The summed E-state index contributed by atoms with van der Waals surface area (Å²) < 4.78 is 63.0. The minimum atomic E-state index is -3.91. The molecule has 0 aliphatic carbocycles. The van der Waals surface area contributed by atoms with Crippen LogP contribution >= 0.6 is 0 Å². The number of pyridine rings is 2. The van der Waals surface area contributed by atoms with Crippen LogP contribution in [-0.4, -0.2) is 55.1 Å². The Morgan fingerprint density at radius 2 is 1.82 bits per heavy atom. The Labute approximate surface area is 189 Å². The van der Waals surface area contributed by atoms with Crippen LogP contribution < -0.4 is 5.32 Å². The molecule has 1 amide bonds. The zero-order chi connectivity index (χ0) is 23.8. The van der Waals surface area contributed by atoms with Crippen molar-refractivity contribution in [2.24, 2.45) is 0 Å². The van der Waals surface area contributed by atoms with Gasteiger partial charge in [0.2, 0.25) is 0 Å². The fourth-order valence-electron chi connectivity index (χ4n) is 3.68. The van der Waals surface area contributed by atoms with Crippen LogP contribution in [0.3, 0.4) is 0 Å². The van der Waals surface area contributed by atoms with Gasteiger partial charge in [0, 0.05) is 18.1 Å². The van der Waals surface area contributed by atoms with Crippen molar-refractivity contribution < 1.29 is 31.1 Å². The summed E-state index contributed by atoms with van der Waals surface area (Å²) >= 11 is 0. The lowest BCUT2D eigenvalue weighted by molar-refractivity contribution is 0.0943. The molecule has 12 heteroatoms. The fraction of sp³-hybridized carbons (Fsp3) is 0.286. The molecule has 1 aliphatic heterocycles. The molecule has 1 aliphatic rings. The van der Waals surface area contributed by atoms with Crippen molar-refractivity contribution in [1.82, 2.24) is 15.3 Å². The van der Waals surface area contributed by atoms with Crippen LogP contribution in [0.5, 0.6) is 5.75 Å². The quantitative estimate of drug-likeness (QED) is 0.559.